The van der Waals surface area contributed by atoms with Crippen LogP contribution in [0.15, 0.2) is 0 Å². The number of hydrogen-bond donors (Lipinski definition) is 2. The van der Waals surface area contributed by atoms with Gasteiger partial charge in [0, 0.05) is 13.3 Å². The molecule has 100 valence electrons. The first kappa shape index (κ1) is 15.9. The van der Waals surface area contributed by atoms with Crippen LogP contribution in [-0.4, -0.2) is 48.1 Å². The lowest BCUT2D eigenvalue weighted by Gasteiger charge is -2.09. The Balaban J connectivity index is 0.000000302. The molecular formula is C11H20O6. The highest BCUT2D eigenvalue weighted by Crippen LogP contribution is 2.06. The fraction of sp³-hybridized carbons (Fsp3) is 0.818. The number of hydrogen-bond acceptors (Lipinski definition) is 6. The zero-order chi connectivity index (χ0) is 13.1. The largest absolute Gasteiger partial charge is 0.466 e. The summed E-state index contributed by atoms with van der Waals surface area (Å²) >= 11 is 0. The van der Waals surface area contributed by atoms with Gasteiger partial charge in [-0.25, -0.2) is 0 Å². The molecule has 0 spiro atoms. The normalized spacial score (nSPS) is 15.4. The van der Waals surface area contributed by atoms with Crippen molar-refractivity contribution in [3.8, 4) is 0 Å². The van der Waals surface area contributed by atoms with E-state index in [2.05, 4.69) is 4.74 Å². The lowest BCUT2D eigenvalue weighted by molar-refractivity contribution is -0.150. The second kappa shape index (κ2) is 10.0. The first-order valence-electron chi connectivity index (χ1n) is 5.64. The third kappa shape index (κ3) is 9.77. The average molecular weight is 248 g/mol. The molecule has 0 saturated carbocycles. The number of aliphatic hydroxyl groups is 2. The number of carbonyl (C=O) groups excluding carboxylic acids is 2. The summed E-state index contributed by atoms with van der Waals surface area (Å²) in [7, 11) is 0. The smallest absolute Gasteiger partial charge is 0.305 e. The lowest BCUT2D eigenvalue weighted by Crippen LogP contribution is -2.24. The summed E-state index contributed by atoms with van der Waals surface area (Å²) in [5, 5.41) is 16.7. The second-order valence-electron chi connectivity index (χ2n) is 3.63. The fourth-order valence-corrected chi connectivity index (χ4v) is 1.17. The Labute approximate surface area is 101 Å². The first-order chi connectivity index (χ1) is 8.10. The Morgan fingerprint density at radius 2 is 2.00 bits per heavy atom. The molecular weight excluding hydrogens is 228 g/mol. The van der Waals surface area contributed by atoms with Gasteiger partial charge in [0.25, 0.3) is 0 Å². The standard InChI is InChI=1S/C6H10O2.C5H10O4/c7-6-4-2-1-3-5-8-6;1-4(8)9-5(2-6)3-7/h1-5H2;5-7H,2-3H2,1H3. The van der Waals surface area contributed by atoms with E-state index in [0.717, 1.165) is 19.3 Å². The fourth-order valence-electron chi connectivity index (χ4n) is 1.17. The molecule has 0 aliphatic carbocycles. The summed E-state index contributed by atoms with van der Waals surface area (Å²) < 4.78 is 9.17. The Bertz CT molecular complexity index is 214. The molecule has 1 rings (SSSR count). The Kier molecular flexibility index (Phi) is 9.37. The summed E-state index contributed by atoms with van der Waals surface area (Å²) in [6, 6.07) is 0. The number of ether oxygens (including phenoxy) is 2. The number of cyclic esters (lactones) is 1. The van der Waals surface area contributed by atoms with Crippen LogP contribution in [0, 0.1) is 0 Å². The van der Waals surface area contributed by atoms with Crippen LogP contribution in [0.1, 0.15) is 32.6 Å². The third-order valence-corrected chi connectivity index (χ3v) is 2.03. The third-order valence-electron chi connectivity index (χ3n) is 2.03. The van der Waals surface area contributed by atoms with Crippen molar-refractivity contribution in [2.45, 2.75) is 38.7 Å². The highest BCUT2D eigenvalue weighted by atomic mass is 16.6. The van der Waals surface area contributed by atoms with Gasteiger partial charge in [-0.05, 0) is 19.3 Å². The van der Waals surface area contributed by atoms with Crippen LogP contribution in [0.25, 0.3) is 0 Å². The van der Waals surface area contributed by atoms with Crippen molar-refractivity contribution in [3.63, 3.8) is 0 Å². The van der Waals surface area contributed by atoms with E-state index in [0.29, 0.717) is 13.0 Å². The predicted octanol–water partition coefficient (Wildman–Crippen LogP) is 0.00630. The van der Waals surface area contributed by atoms with Crippen LogP contribution in [0.4, 0.5) is 0 Å². The van der Waals surface area contributed by atoms with E-state index in [9.17, 15) is 9.59 Å². The van der Waals surface area contributed by atoms with Crippen molar-refractivity contribution in [2.24, 2.45) is 0 Å². The second-order valence-corrected chi connectivity index (χ2v) is 3.63. The molecule has 2 N–H and O–H groups in total. The summed E-state index contributed by atoms with van der Waals surface area (Å²) in [6.45, 7) is 1.18. The van der Waals surface area contributed by atoms with Crippen LogP contribution in [0.2, 0.25) is 0 Å². The van der Waals surface area contributed by atoms with Gasteiger partial charge in [-0.1, -0.05) is 0 Å². The van der Waals surface area contributed by atoms with E-state index < -0.39 is 12.1 Å². The Hall–Kier alpha value is -1.14. The summed E-state index contributed by atoms with van der Waals surface area (Å²) in [4.78, 5) is 20.6. The van der Waals surface area contributed by atoms with E-state index in [1.807, 2.05) is 0 Å². The van der Waals surface area contributed by atoms with Gasteiger partial charge in [0.1, 0.15) is 6.10 Å². The Morgan fingerprint density at radius 1 is 1.35 bits per heavy atom. The maximum atomic E-state index is 10.5. The molecule has 0 bridgehead atoms. The maximum Gasteiger partial charge on any atom is 0.305 e. The van der Waals surface area contributed by atoms with Gasteiger partial charge in [0.15, 0.2) is 0 Å². The van der Waals surface area contributed by atoms with Crippen LogP contribution in [0.3, 0.4) is 0 Å². The van der Waals surface area contributed by atoms with Crippen LogP contribution < -0.4 is 0 Å². The van der Waals surface area contributed by atoms with Crippen LogP contribution in [-0.2, 0) is 19.1 Å². The average Bonchev–Trinajstić information content (AvgIpc) is 2.54. The van der Waals surface area contributed by atoms with E-state index in [-0.39, 0.29) is 19.2 Å². The number of aliphatic hydroxyl groups excluding tert-OH is 2. The van der Waals surface area contributed by atoms with Gasteiger partial charge in [-0.15, -0.1) is 0 Å². The molecule has 0 aromatic carbocycles. The van der Waals surface area contributed by atoms with Gasteiger partial charge in [0.2, 0.25) is 0 Å². The minimum Gasteiger partial charge on any atom is -0.466 e. The maximum absolute atomic E-state index is 10.5. The van der Waals surface area contributed by atoms with Gasteiger partial charge >= 0.3 is 11.9 Å². The molecule has 17 heavy (non-hydrogen) atoms. The molecule has 1 heterocycles. The molecule has 0 atom stereocenters. The molecule has 6 nitrogen and oxygen atoms in total. The molecule has 0 unspecified atom stereocenters. The zero-order valence-corrected chi connectivity index (χ0v) is 10.1. The molecule has 1 aliphatic heterocycles. The SMILES string of the molecule is CC(=O)OC(CO)CO.O=C1CCCCCO1. The first-order valence-corrected chi connectivity index (χ1v) is 5.64. The van der Waals surface area contributed by atoms with Gasteiger partial charge < -0.3 is 19.7 Å². The minimum absolute atomic E-state index is 0.0255. The van der Waals surface area contributed by atoms with Crippen molar-refractivity contribution in [2.75, 3.05) is 19.8 Å². The molecule has 1 fully saturated rings. The number of esters is 2. The highest BCUT2D eigenvalue weighted by Gasteiger charge is 2.07. The lowest BCUT2D eigenvalue weighted by atomic mass is 10.2. The predicted molar refractivity (Wildman–Crippen MR) is 59.2 cm³/mol. The van der Waals surface area contributed by atoms with E-state index in [1.54, 1.807) is 0 Å². The minimum atomic E-state index is -0.762. The molecule has 0 aromatic rings. The molecule has 6 heteroatoms. The van der Waals surface area contributed by atoms with E-state index >= 15 is 0 Å². The Morgan fingerprint density at radius 3 is 2.47 bits per heavy atom. The molecule has 0 aromatic heterocycles. The topological polar surface area (TPSA) is 93.1 Å². The monoisotopic (exact) mass is 248 g/mol. The van der Waals surface area contributed by atoms with E-state index in [1.165, 1.54) is 6.92 Å². The van der Waals surface area contributed by atoms with Gasteiger partial charge in [-0.2, -0.15) is 0 Å². The van der Waals surface area contributed by atoms with Crippen molar-refractivity contribution in [3.05, 3.63) is 0 Å². The molecule has 0 radical (unpaired) electrons. The highest BCUT2D eigenvalue weighted by molar-refractivity contribution is 5.69. The molecule has 0 amide bonds. The summed E-state index contributed by atoms with van der Waals surface area (Å²) in [5.74, 6) is -0.523. The summed E-state index contributed by atoms with van der Waals surface area (Å²) in [6.07, 6.45) is 3.07. The van der Waals surface area contributed by atoms with Crippen molar-refractivity contribution < 1.29 is 29.3 Å². The quantitative estimate of drug-likeness (QED) is 0.683. The van der Waals surface area contributed by atoms with Crippen molar-refractivity contribution in [1.82, 2.24) is 0 Å². The number of rotatable bonds is 3. The van der Waals surface area contributed by atoms with Crippen LogP contribution >= 0.6 is 0 Å². The zero-order valence-electron chi connectivity index (χ0n) is 10.1. The van der Waals surface area contributed by atoms with Crippen molar-refractivity contribution >= 4 is 11.9 Å². The van der Waals surface area contributed by atoms with Crippen LogP contribution in [0.5, 0.6) is 0 Å². The van der Waals surface area contributed by atoms with Gasteiger partial charge in [0.05, 0.1) is 19.8 Å². The molecule has 1 aliphatic rings. The van der Waals surface area contributed by atoms with Crippen molar-refractivity contribution in [1.29, 1.82) is 0 Å². The van der Waals surface area contributed by atoms with Gasteiger partial charge in [-0.3, -0.25) is 9.59 Å². The number of carbonyl (C=O) groups is 2. The molecule has 1 saturated heterocycles. The summed E-state index contributed by atoms with van der Waals surface area (Å²) in [5.41, 5.74) is 0. The van der Waals surface area contributed by atoms with E-state index in [4.69, 9.17) is 14.9 Å².